The van der Waals surface area contributed by atoms with E-state index in [-0.39, 0.29) is 17.7 Å². The molecule has 88 valence electrons. The normalized spacial score (nSPS) is 27.4. The van der Waals surface area contributed by atoms with Gasteiger partial charge in [0, 0.05) is 38.3 Å². The van der Waals surface area contributed by atoms with Gasteiger partial charge in [-0.2, -0.15) is 0 Å². The molecule has 1 rings (SSSR count). The second kappa shape index (κ2) is 4.99. The minimum Gasteiger partial charge on any atom is -0.384 e. The van der Waals surface area contributed by atoms with Gasteiger partial charge in [0.15, 0.2) is 0 Å². The number of ether oxygens (including phenoxy) is 2. The fourth-order valence-electron chi connectivity index (χ4n) is 1.87. The van der Waals surface area contributed by atoms with Crippen LogP contribution in [-0.4, -0.2) is 32.0 Å². The summed E-state index contributed by atoms with van der Waals surface area (Å²) < 4.78 is 10.8. The summed E-state index contributed by atoms with van der Waals surface area (Å²) >= 11 is 0. The van der Waals surface area contributed by atoms with Crippen molar-refractivity contribution in [2.75, 3.05) is 14.2 Å². The molecule has 0 aromatic carbocycles. The van der Waals surface area contributed by atoms with Gasteiger partial charge in [-0.05, 0) is 26.8 Å². The summed E-state index contributed by atoms with van der Waals surface area (Å²) in [6.45, 7) is 6.48. The maximum absolute atomic E-state index is 5.41. The van der Waals surface area contributed by atoms with Crippen molar-refractivity contribution in [1.82, 2.24) is 5.32 Å². The van der Waals surface area contributed by atoms with E-state index in [0.717, 1.165) is 12.8 Å². The first-order valence-corrected chi connectivity index (χ1v) is 5.49. The molecule has 15 heavy (non-hydrogen) atoms. The van der Waals surface area contributed by atoms with Crippen molar-refractivity contribution in [3.63, 3.8) is 0 Å². The third-order valence-electron chi connectivity index (χ3n) is 2.50. The van der Waals surface area contributed by atoms with Crippen LogP contribution in [0.1, 0.15) is 33.6 Å². The molecule has 0 amide bonds. The monoisotopic (exact) mass is 213 g/mol. The molecule has 1 aliphatic rings. The van der Waals surface area contributed by atoms with Crippen LogP contribution in [0, 0.1) is 0 Å². The molecule has 0 fully saturated rings. The summed E-state index contributed by atoms with van der Waals surface area (Å²) in [5.74, 6) is 0. The Morgan fingerprint density at radius 2 is 1.93 bits per heavy atom. The first-order chi connectivity index (χ1) is 6.94. The molecule has 0 aromatic rings. The number of nitrogens with one attached hydrogen (secondary N) is 1. The summed E-state index contributed by atoms with van der Waals surface area (Å²) in [7, 11) is 3.51. The van der Waals surface area contributed by atoms with Crippen LogP contribution in [0.25, 0.3) is 0 Å². The minimum atomic E-state index is 0.0970. The molecule has 0 bridgehead atoms. The van der Waals surface area contributed by atoms with Gasteiger partial charge < -0.3 is 14.8 Å². The zero-order valence-electron chi connectivity index (χ0n) is 10.5. The summed E-state index contributed by atoms with van der Waals surface area (Å²) in [5, 5.41) is 3.49. The lowest BCUT2D eigenvalue weighted by Gasteiger charge is -2.32. The minimum absolute atomic E-state index is 0.0970. The Kier molecular flexibility index (Phi) is 4.17. The largest absolute Gasteiger partial charge is 0.384 e. The molecule has 0 aliphatic heterocycles. The van der Waals surface area contributed by atoms with Gasteiger partial charge in [-0.25, -0.2) is 0 Å². The number of rotatable bonds is 3. The molecule has 3 nitrogen and oxygen atoms in total. The standard InChI is InChI=1S/C12H23NO2/c1-12(2,3)13-9-6-10(14-4)8-11(7-9)15-5/h6,10-11,13H,7-8H2,1-5H3. The zero-order valence-corrected chi connectivity index (χ0v) is 10.5. The second-order valence-corrected chi connectivity index (χ2v) is 5.14. The molecule has 0 radical (unpaired) electrons. The Morgan fingerprint density at radius 3 is 2.40 bits per heavy atom. The van der Waals surface area contributed by atoms with Gasteiger partial charge in [0.1, 0.15) is 0 Å². The Hall–Kier alpha value is -0.540. The molecule has 1 N–H and O–H groups in total. The fraction of sp³-hybridized carbons (Fsp3) is 0.833. The van der Waals surface area contributed by atoms with Gasteiger partial charge in [-0.15, -0.1) is 0 Å². The predicted molar refractivity (Wildman–Crippen MR) is 61.8 cm³/mol. The molecule has 2 unspecified atom stereocenters. The lowest BCUT2D eigenvalue weighted by atomic mass is 9.97. The molecular formula is C12H23NO2. The van der Waals surface area contributed by atoms with E-state index in [9.17, 15) is 0 Å². The Bertz CT molecular complexity index is 230. The van der Waals surface area contributed by atoms with E-state index < -0.39 is 0 Å². The summed E-state index contributed by atoms with van der Waals surface area (Å²) in [6, 6.07) is 0. The quantitative estimate of drug-likeness (QED) is 0.778. The van der Waals surface area contributed by atoms with Gasteiger partial charge >= 0.3 is 0 Å². The summed E-state index contributed by atoms with van der Waals surface area (Å²) in [5.41, 5.74) is 1.33. The maximum atomic E-state index is 5.41. The van der Waals surface area contributed by atoms with Crippen LogP contribution in [-0.2, 0) is 9.47 Å². The van der Waals surface area contributed by atoms with Crippen LogP contribution >= 0.6 is 0 Å². The van der Waals surface area contributed by atoms with Crippen LogP contribution < -0.4 is 5.32 Å². The molecule has 0 aromatic heterocycles. The van der Waals surface area contributed by atoms with E-state index in [1.807, 2.05) is 0 Å². The van der Waals surface area contributed by atoms with Crippen molar-refractivity contribution in [2.45, 2.75) is 51.4 Å². The topological polar surface area (TPSA) is 30.5 Å². The van der Waals surface area contributed by atoms with Gasteiger partial charge in [-0.1, -0.05) is 0 Å². The Morgan fingerprint density at radius 1 is 1.27 bits per heavy atom. The molecule has 3 heteroatoms. The molecule has 2 atom stereocenters. The molecule has 0 heterocycles. The highest BCUT2D eigenvalue weighted by Crippen LogP contribution is 2.22. The summed E-state index contributed by atoms with van der Waals surface area (Å²) in [6.07, 6.45) is 4.51. The van der Waals surface area contributed by atoms with E-state index in [0.29, 0.717) is 0 Å². The van der Waals surface area contributed by atoms with Crippen molar-refractivity contribution in [1.29, 1.82) is 0 Å². The van der Waals surface area contributed by atoms with Crippen molar-refractivity contribution < 1.29 is 9.47 Å². The van der Waals surface area contributed by atoms with E-state index in [1.54, 1.807) is 14.2 Å². The first-order valence-electron chi connectivity index (χ1n) is 5.49. The Labute approximate surface area is 92.8 Å². The van der Waals surface area contributed by atoms with E-state index in [2.05, 4.69) is 32.2 Å². The number of hydrogen-bond acceptors (Lipinski definition) is 3. The van der Waals surface area contributed by atoms with Gasteiger partial charge in [0.2, 0.25) is 0 Å². The lowest BCUT2D eigenvalue weighted by molar-refractivity contribution is 0.0317. The Balaban J connectivity index is 2.65. The highest BCUT2D eigenvalue weighted by atomic mass is 16.5. The van der Waals surface area contributed by atoms with Crippen LogP contribution in [0.3, 0.4) is 0 Å². The average molecular weight is 213 g/mol. The molecule has 0 saturated carbocycles. The van der Waals surface area contributed by atoms with E-state index in [1.165, 1.54) is 5.70 Å². The van der Waals surface area contributed by atoms with Crippen molar-refractivity contribution in [3.05, 3.63) is 11.8 Å². The molecule has 0 spiro atoms. The second-order valence-electron chi connectivity index (χ2n) is 5.14. The smallest absolute Gasteiger partial charge is 0.0796 e. The molecule has 0 saturated heterocycles. The average Bonchev–Trinajstić information content (AvgIpc) is 2.14. The van der Waals surface area contributed by atoms with E-state index >= 15 is 0 Å². The van der Waals surface area contributed by atoms with Gasteiger partial charge in [0.05, 0.1) is 12.2 Å². The maximum Gasteiger partial charge on any atom is 0.0796 e. The van der Waals surface area contributed by atoms with Crippen molar-refractivity contribution in [3.8, 4) is 0 Å². The third-order valence-corrected chi connectivity index (χ3v) is 2.50. The molecule has 1 aliphatic carbocycles. The van der Waals surface area contributed by atoms with Crippen LogP contribution in [0.5, 0.6) is 0 Å². The lowest BCUT2D eigenvalue weighted by Crippen LogP contribution is -2.39. The SMILES string of the molecule is COC1C=C(NC(C)(C)C)CC(OC)C1. The van der Waals surface area contributed by atoms with Crippen LogP contribution in [0.2, 0.25) is 0 Å². The first kappa shape index (κ1) is 12.5. The van der Waals surface area contributed by atoms with Gasteiger partial charge in [-0.3, -0.25) is 0 Å². The van der Waals surface area contributed by atoms with E-state index in [4.69, 9.17) is 9.47 Å². The number of methoxy groups -OCH3 is 2. The highest BCUT2D eigenvalue weighted by Gasteiger charge is 2.24. The van der Waals surface area contributed by atoms with Crippen molar-refractivity contribution in [2.24, 2.45) is 0 Å². The third kappa shape index (κ3) is 4.22. The van der Waals surface area contributed by atoms with Crippen LogP contribution in [0.15, 0.2) is 11.8 Å². The molecular weight excluding hydrogens is 190 g/mol. The highest BCUT2D eigenvalue weighted by molar-refractivity contribution is 5.11. The zero-order chi connectivity index (χ0) is 11.5. The summed E-state index contributed by atoms with van der Waals surface area (Å²) in [4.78, 5) is 0. The number of hydrogen-bond donors (Lipinski definition) is 1. The van der Waals surface area contributed by atoms with Crippen molar-refractivity contribution >= 4 is 0 Å². The predicted octanol–water partition coefficient (Wildman–Crippen LogP) is 2.08. The van der Waals surface area contributed by atoms with Crippen LogP contribution in [0.4, 0.5) is 0 Å². The fourth-order valence-corrected chi connectivity index (χ4v) is 1.87. The van der Waals surface area contributed by atoms with Gasteiger partial charge in [0.25, 0.3) is 0 Å².